The van der Waals surface area contributed by atoms with E-state index in [-0.39, 0.29) is 11.8 Å². The number of rotatable bonds is 6. The summed E-state index contributed by atoms with van der Waals surface area (Å²) in [5.74, 6) is 0.0501. The maximum atomic E-state index is 12.0. The van der Waals surface area contributed by atoms with E-state index in [1.165, 1.54) is 0 Å². The molecule has 0 spiro atoms. The van der Waals surface area contributed by atoms with Crippen LogP contribution in [0, 0.1) is 0 Å². The van der Waals surface area contributed by atoms with Gasteiger partial charge in [-0.2, -0.15) is 0 Å². The standard InChI is InChI=1S/C17H19NO2/c1-20-12-16(18)11-17(19)15-9-7-14(8-10-15)13-5-3-2-4-6-13/h2-10,16H,11-12,18H2,1H3. The summed E-state index contributed by atoms with van der Waals surface area (Å²) in [7, 11) is 1.58. The molecule has 0 aliphatic rings. The molecule has 0 fully saturated rings. The smallest absolute Gasteiger partial charge is 0.164 e. The summed E-state index contributed by atoms with van der Waals surface area (Å²) in [6.07, 6.45) is 0.304. The highest BCUT2D eigenvalue weighted by molar-refractivity contribution is 5.96. The molecule has 2 rings (SSSR count). The average Bonchev–Trinajstić information content (AvgIpc) is 2.48. The zero-order valence-electron chi connectivity index (χ0n) is 11.6. The Balaban J connectivity index is 2.07. The number of ether oxygens (including phenoxy) is 1. The molecule has 0 saturated heterocycles. The lowest BCUT2D eigenvalue weighted by Gasteiger charge is -2.09. The zero-order chi connectivity index (χ0) is 14.4. The van der Waals surface area contributed by atoms with E-state index in [0.29, 0.717) is 18.6 Å². The normalized spacial score (nSPS) is 12.1. The number of carbonyl (C=O) groups excluding carboxylic acids is 1. The van der Waals surface area contributed by atoms with Crippen molar-refractivity contribution in [3.05, 3.63) is 60.2 Å². The van der Waals surface area contributed by atoms with Crippen LogP contribution in [0.3, 0.4) is 0 Å². The first kappa shape index (κ1) is 14.4. The van der Waals surface area contributed by atoms with Crippen molar-refractivity contribution in [2.45, 2.75) is 12.5 Å². The molecule has 0 aliphatic carbocycles. The summed E-state index contributed by atoms with van der Waals surface area (Å²) >= 11 is 0. The fourth-order valence-electron chi connectivity index (χ4n) is 2.11. The van der Waals surface area contributed by atoms with Crippen LogP contribution in [0.2, 0.25) is 0 Å². The lowest BCUT2D eigenvalue weighted by molar-refractivity contribution is 0.0949. The molecule has 0 radical (unpaired) electrons. The number of methoxy groups -OCH3 is 1. The lowest BCUT2D eigenvalue weighted by Crippen LogP contribution is -2.28. The number of carbonyl (C=O) groups is 1. The number of benzene rings is 2. The molecule has 104 valence electrons. The molecule has 0 aliphatic heterocycles. The third kappa shape index (κ3) is 3.76. The van der Waals surface area contributed by atoms with Gasteiger partial charge in [-0.15, -0.1) is 0 Å². The first-order valence-electron chi connectivity index (χ1n) is 6.64. The van der Waals surface area contributed by atoms with E-state index in [2.05, 4.69) is 0 Å². The second-order valence-electron chi connectivity index (χ2n) is 4.79. The molecule has 0 aromatic heterocycles. The number of nitrogens with two attached hydrogens (primary N) is 1. The summed E-state index contributed by atoms with van der Waals surface area (Å²) < 4.78 is 4.94. The van der Waals surface area contributed by atoms with Crippen molar-refractivity contribution in [2.24, 2.45) is 5.73 Å². The third-order valence-corrected chi connectivity index (χ3v) is 3.14. The third-order valence-electron chi connectivity index (χ3n) is 3.14. The molecule has 1 unspecified atom stereocenters. The van der Waals surface area contributed by atoms with Crippen molar-refractivity contribution in [3.63, 3.8) is 0 Å². The number of ketones is 1. The van der Waals surface area contributed by atoms with E-state index >= 15 is 0 Å². The van der Waals surface area contributed by atoms with E-state index < -0.39 is 0 Å². The van der Waals surface area contributed by atoms with Gasteiger partial charge in [-0.25, -0.2) is 0 Å². The van der Waals surface area contributed by atoms with Crippen molar-refractivity contribution in [3.8, 4) is 11.1 Å². The number of Topliss-reactive ketones (excluding diaryl/α,β-unsaturated/α-hetero) is 1. The van der Waals surface area contributed by atoms with Crippen molar-refractivity contribution in [2.75, 3.05) is 13.7 Å². The summed E-state index contributed by atoms with van der Waals surface area (Å²) in [5.41, 5.74) is 8.73. The topological polar surface area (TPSA) is 52.3 Å². The highest BCUT2D eigenvalue weighted by Gasteiger charge is 2.11. The quantitative estimate of drug-likeness (QED) is 0.820. The fourth-order valence-corrected chi connectivity index (χ4v) is 2.11. The molecule has 1 atom stereocenters. The second kappa shape index (κ2) is 6.98. The van der Waals surface area contributed by atoms with Gasteiger partial charge in [0, 0.05) is 25.1 Å². The first-order valence-corrected chi connectivity index (χ1v) is 6.64. The maximum Gasteiger partial charge on any atom is 0.164 e. The number of hydrogen-bond donors (Lipinski definition) is 1. The maximum absolute atomic E-state index is 12.0. The minimum Gasteiger partial charge on any atom is -0.383 e. The van der Waals surface area contributed by atoms with Crippen LogP contribution >= 0.6 is 0 Å². The molecule has 2 N–H and O–H groups in total. The van der Waals surface area contributed by atoms with Crippen molar-refractivity contribution in [1.29, 1.82) is 0 Å². The van der Waals surface area contributed by atoms with E-state index in [4.69, 9.17) is 10.5 Å². The monoisotopic (exact) mass is 269 g/mol. The minimum absolute atomic E-state index is 0.0501. The van der Waals surface area contributed by atoms with Crippen molar-refractivity contribution < 1.29 is 9.53 Å². The fraction of sp³-hybridized carbons (Fsp3) is 0.235. The molecule has 0 amide bonds. The Kier molecular flexibility index (Phi) is 5.04. The van der Waals surface area contributed by atoms with Crippen LogP contribution in [0.25, 0.3) is 11.1 Å². The molecule has 0 saturated carbocycles. The molecule has 0 bridgehead atoms. The van der Waals surface area contributed by atoms with Crippen LogP contribution in [-0.4, -0.2) is 25.5 Å². The van der Waals surface area contributed by atoms with E-state index in [9.17, 15) is 4.79 Å². The van der Waals surface area contributed by atoms with Gasteiger partial charge < -0.3 is 10.5 Å². The van der Waals surface area contributed by atoms with Crippen LogP contribution in [0.1, 0.15) is 16.8 Å². The molecular formula is C17H19NO2. The molecule has 3 heteroatoms. The van der Waals surface area contributed by atoms with Gasteiger partial charge >= 0.3 is 0 Å². The van der Waals surface area contributed by atoms with E-state index in [0.717, 1.165) is 11.1 Å². The van der Waals surface area contributed by atoms with E-state index in [1.807, 2.05) is 54.6 Å². The van der Waals surface area contributed by atoms with Crippen LogP contribution in [0.15, 0.2) is 54.6 Å². The van der Waals surface area contributed by atoms with Crippen LogP contribution in [0.4, 0.5) is 0 Å². The summed E-state index contributed by atoms with van der Waals surface area (Å²) in [5, 5.41) is 0. The van der Waals surface area contributed by atoms with Gasteiger partial charge in [0.1, 0.15) is 0 Å². The first-order chi connectivity index (χ1) is 9.70. The average molecular weight is 269 g/mol. The minimum atomic E-state index is -0.249. The van der Waals surface area contributed by atoms with Gasteiger partial charge in [-0.1, -0.05) is 54.6 Å². The Morgan fingerprint density at radius 2 is 1.65 bits per heavy atom. The van der Waals surface area contributed by atoms with Gasteiger partial charge in [-0.3, -0.25) is 4.79 Å². The van der Waals surface area contributed by atoms with E-state index in [1.54, 1.807) is 7.11 Å². The lowest BCUT2D eigenvalue weighted by atomic mass is 10.00. The van der Waals surface area contributed by atoms with Crippen LogP contribution in [-0.2, 0) is 4.74 Å². The summed E-state index contributed by atoms with van der Waals surface area (Å²) in [6, 6.07) is 17.5. The number of hydrogen-bond acceptors (Lipinski definition) is 3. The SMILES string of the molecule is COCC(N)CC(=O)c1ccc(-c2ccccc2)cc1. The molecule has 3 nitrogen and oxygen atoms in total. The van der Waals surface area contributed by atoms with Gasteiger partial charge in [0.25, 0.3) is 0 Å². The predicted octanol–water partition coefficient (Wildman–Crippen LogP) is 2.90. The largest absolute Gasteiger partial charge is 0.383 e. The molecule has 0 heterocycles. The Labute approximate surface area is 119 Å². The van der Waals surface area contributed by atoms with Gasteiger partial charge in [0.15, 0.2) is 5.78 Å². The zero-order valence-corrected chi connectivity index (χ0v) is 11.6. The van der Waals surface area contributed by atoms with Crippen molar-refractivity contribution in [1.82, 2.24) is 0 Å². The van der Waals surface area contributed by atoms with Gasteiger partial charge in [0.05, 0.1) is 6.61 Å². The molecular weight excluding hydrogens is 250 g/mol. The van der Waals surface area contributed by atoms with Gasteiger partial charge in [0.2, 0.25) is 0 Å². The van der Waals surface area contributed by atoms with Crippen LogP contribution < -0.4 is 5.73 Å². The van der Waals surface area contributed by atoms with Crippen LogP contribution in [0.5, 0.6) is 0 Å². The Bertz CT molecular complexity index is 549. The summed E-state index contributed by atoms with van der Waals surface area (Å²) in [4.78, 5) is 12.0. The molecule has 2 aromatic carbocycles. The predicted molar refractivity (Wildman–Crippen MR) is 80.7 cm³/mol. The van der Waals surface area contributed by atoms with Gasteiger partial charge in [-0.05, 0) is 11.1 Å². The Morgan fingerprint density at radius 1 is 1.05 bits per heavy atom. The highest BCUT2D eigenvalue weighted by atomic mass is 16.5. The summed E-state index contributed by atoms with van der Waals surface area (Å²) in [6.45, 7) is 0.397. The Hall–Kier alpha value is -1.97. The highest BCUT2D eigenvalue weighted by Crippen LogP contribution is 2.19. The molecule has 2 aromatic rings. The Morgan fingerprint density at radius 3 is 2.25 bits per heavy atom. The second-order valence-corrected chi connectivity index (χ2v) is 4.79. The molecule has 20 heavy (non-hydrogen) atoms. The van der Waals surface area contributed by atoms with Crippen molar-refractivity contribution >= 4 is 5.78 Å².